The van der Waals surface area contributed by atoms with Crippen molar-refractivity contribution in [2.24, 2.45) is 0 Å². The zero-order valence-electron chi connectivity index (χ0n) is 6.77. The number of hydrogen-bond acceptors (Lipinski definition) is 0. The average molecular weight is 280 g/mol. The van der Waals surface area contributed by atoms with Gasteiger partial charge in [-0.3, -0.25) is 0 Å². The van der Waals surface area contributed by atoms with Gasteiger partial charge in [-0.1, -0.05) is 63.1 Å². The highest BCUT2D eigenvalue weighted by molar-refractivity contribution is 9.10. The molecule has 1 aliphatic rings. The molecule has 0 fully saturated rings. The predicted molar refractivity (Wildman–Crippen MR) is 57.6 cm³/mol. The quantitative estimate of drug-likeness (QED) is 0.506. The van der Waals surface area contributed by atoms with E-state index in [1.165, 1.54) is 0 Å². The molecular formula is C9H12Br2. The fourth-order valence-electron chi connectivity index (χ4n) is 0.950. The van der Waals surface area contributed by atoms with E-state index in [0.717, 1.165) is 6.42 Å². The lowest BCUT2D eigenvalue weighted by Crippen LogP contribution is -2.21. The molecule has 0 heterocycles. The first-order valence-electron chi connectivity index (χ1n) is 3.76. The van der Waals surface area contributed by atoms with Gasteiger partial charge in [-0.2, -0.15) is 0 Å². The van der Waals surface area contributed by atoms with Gasteiger partial charge >= 0.3 is 0 Å². The van der Waals surface area contributed by atoms with Gasteiger partial charge in [-0.05, 0) is 13.3 Å². The maximum atomic E-state index is 3.65. The third kappa shape index (κ3) is 2.45. The van der Waals surface area contributed by atoms with Crippen molar-refractivity contribution in [3.63, 3.8) is 0 Å². The van der Waals surface area contributed by atoms with Crippen LogP contribution >= 0.6 is 31.9 Å². The van der Waals surface area contributed by atoms with Gasteiger partial charge in [0.15, 0.2) is 0 Å². The molecule has 1 aliphatic carbocycles. The molecule has 0 saturated carbocycles. The van der Waals surface area contributed by atoms with E-state index in [4.69, 9.17) is 0 Å². The van der Waals surface area contributed by atoms with Gasteiger partial charge in [-0.25, -0.2) is 0 Å². The third-order valence-corrected chi connectivity index (χ3v) is 3.53. The van der Waals surface area contributed by atoms with Crippen LogP contribution in [0, 0.1) is 0 Å². The van der Waals surface area contributed by atoms with Crippen LogP contribution in [-0.2, 0) is 0 Å². The lowest BCUT2D eigenvalue weighted by Gasteiger charge is -2.26. The van der Waals surface area contributed by atoms with Crippen molar-refractivity contribution in [1.29, 1.82) is 0 Å². The molecule has 0 aliphatic heterocycles. The van der Waals surface area contributed by atoms with Crippen LogP contribution in [0.1, 0.15) is 20.3 Å². The van der Waals surface area contributed by atoms with E-state index >= 15 is 0 Å². The first-order valence-corrected chi connectivity index (χ1v) is 5.35. The SMILES string of the molecule is CCC1(Br)C=CC(C)(Br)C=C1. The zero-order chi connectivity index (χ0) is 8.54. The van der Waals surface area contributed by atoms with E-state index in [1.54, 1.807) is 0 Å². The summed E-state index contributed by atoms with van der Waals surface area (Å²) in [6.45, 7) is 4.29. The highest BCUT2D eigenvalue weighted by Gasteiger charge is 2.25. The molecule has 0 unspecified atom stereocenters. The Balaban J connectivity index is 2.79. The minimum atomic E-state index is 0.0550. The summed E-state index contributed by atoms with van der Waals surface area (Å²) >= 11 is 7.23. The first-order chi connectivity index (χ1) is 4.97. The number of hydrogen-bond donors (Lipinski definition) is 0. The Kier molecular flexibility index (Phi) is 2.65. The Hall–Kier alpha value is 0.440. The molecule has 1 rings (SSSR count). The maximum Gasteiger partial charge on any atom is 0.0615 e. The molecule has 62 valence electrons. The fraction of sp³-hybridized carbons (Fsp3) is 0.556. The van der Waals surface area contributed by atoms with Crippen molar-refractivity contribution in [3.05, 3.63) is 24.3 Å². The van der Waals surface area contributed by atoms with E-state index in [0.29, 0.717) is 0 Å². The zero-order valence-corrected chi connectivity index (χ0v) is 9.94. The molecule has 0 N–H and O–H groups in total. The summed E-state index contributed by atoms with van der Waals surface area (Å²) in [5, 5.41) is 0. The van der Waals surface area contributed by atoms with Crippen LogP contribution < -0.4 is 0 Å². The molecule has 0 aromatic heterocycles. The molecular weight excluding hydrogens is 268 g/mol. The Morgan fingerprint density at radius 1 is 1.09 bits per heavy atom. The second-order valence-electron chi connectivity index (χ2n) is 3.10. The maximum absolute atomic E-state index is 3.65. The lowest BCUT2D eigenvalue weighted by atomic mass is 9.95. The molecule has 0 amide bonds. The van der Waals surface area contributed by atoms with Gasteiger partial charge < -0.3 is 0 Å². The van der Waals surface area contributed by atoms with Crippen molar-refractivity contribution in [1.82, 2.24) is 0 Å². The Bertz CT molecular complexity index is 186. The van der Waals surface area contributed by atoms with E-state index < -0.39 is 0 Å². The summed E-state index contributed by atoms with van der Waals surface area (Å²) in [5.41, 5.74) is 0. The number of halogens is 2. The average Bonchev–Trinajstić information content (AvgIpc) is 1.97. The standard InChI is InChI=1S/C9H12Br2/c1-3-9(11)6-4-8(2,10)5-7-9/h4-7H,3H2,1-2H3. The normalized spacial score (nSPS) is 42.9. The second kappa shape index (κ2) is 3.06. The highest BCUT2D eigenvalue weighted by Crippen LogP contribution is 2.35. The molecule has 0 aromatic rings. The van der Waals surface area contributed by atoms with E-state index in [1.807, 2.05) is 0 Å². The van der Waals surface area contributed by atoms with Crippen LogP contribution in [-0.4, -0.2) is 8.65 Å². The predicted octanol–water partition coefficient (Wildman–Crippen LogP) is 3.81. The number of alkyl halides is 2. The summed E-state index contributed by atoms with van der Waals surface area (Å²) in [6.07, 6.45) is 9.82. The van der Waals surface area contributed by atoms with E-state index in [-0.39, 0.29) is 8.65 Å². The van der Waals surface area contributed by atoms with E-state index in [2.05, 4.69) is 70.0 Å². The summed E-state index contributed by atoms with van der Waals surface area (Å²) in [4.78, 5) is 0. The Labute approximate surface area is 85.0 Å². The molecule has 0 aromatic carbocycles. The molecule has 0 bridgehead atoms. The molecule has 0 radical (unpaired) electrons. The van der Waals surface area contributed by atoms with Crippen LogP contribution in [0.2, 0.25) is 0 Å². The molecule has 0 atom stereocenters. The van der Waals surface area contributed by atoms with Gasteiger partial charge in [-0.15, -0.1) is 0 Å². The largest absolute Gasteiger partial charge is 0.0765 e. The van der Waals surface area contributed by atoms with Gasteiger partial charge in [0.1, 0.15) is 0 Å². The van der Waals surface area contributed by atoms with Gasteiger partial charge in [0.25, 0.3) is 0 Å². The van der Waals surface area contributed by atoms with Gasteiger partial charge in [0, 0.05) is 0 Å². The molecule has 11 heavy (non-hydrogen) atoms. The summed E-state index contributed by atoms with van der Waals surface area (Å²) in [7, 11) is 0. The first kappa shape index (κ1) is 9.53. The van der Waals surface area contributed by atoms with E-state index in [9.17, 15) is 0 Å². The van der Waals surface area contributed by atoms with Crippen LogP contribution in [0.5, 0.6) is 0 Å². The lowest BCUT2D eigenvalue weighted by molar-refractivity contribution is 0.808. The summed E-state index contributed by atoms with van der Waals surface area (Å²) in [6, 6.07) is 0. The van der Waals surface area contributed by atoms with Crippen LogP contribution in [0.25, 0.3) is 0 Å². The van der Waals surface area contributed by atoms with Crippen LogP contribution in [0.3, 0.4) is 0 Å². The van der Waals surface area contributed by atoms with Crippen LogP contribution in [0.15, 0.2) is 24.3 Å². The molecule has 2 heteroatoms. The molecule has 0 saturated heterocycles. The van der Waals surface area contributed by atoms with Gasteiger partial charge in [0.2, 0.25) is 0 Å². The monoisotopic (exact) mass is 278 g/mol. The molecule has 0 nitrogen and oxygen atoms in total. The minimum absolute atomic E-state index is 0.0550. The number of allylic oxidation sites excluding steroid dienone is 4. The highest BCUT2D eigenvalue weighted by atomic mass is 79.9. The van der Waals surface area contributed by atoms with Crippen molar-refractivity contribution < 1.29 is 0 Å². The Morgan fingerprint density at radius 2 is 1.55 bits per heavy atom. The topological polar surface area (TPSA) is 0 Å². The third-order valence-electron chi connectivity index (χ3n) is 1.91. The van der Waals surface area contributed by atoms with Gasteiger partial charge in [0.05, 0.1) is 8.65 Å². The van der Waals surface area contributed by atoms with Crippen molar-refractivity contribution in [3.8, 4) is 0 Å². The fourth-order valence-corrected chi connectivity index (χ4v) is 1.48. The minimum Gasteiger partial charge on any atom is -0.0765 e. The smallest absolute Gasteiger partial charge is 0.0615 e. The van der Waals surface area contributed by atoms with Crippen molar-refractivity contribution >= 4 is 31.9 Å². The van der Waals surface area contributed by atoms with Crippen LogP contribution in [0.4, 0.5) is 0 Å². The molecule has 0 spiro atoms. The second-order valence-corrected chi connectivity index (χ2v) is 6.28. The number of rotatable bonds is 1. The van der Waals surface area contributed by atoms with Crippen molar-refractivity contribution in [2.75, 3.05) is 0 Å². The summed E-state index contributed by atoms with van der Waals surface area (Å²) in [5.74, 6) is 0. The Morgan fingerprint density at radius 3 is 1.91 bits per heavy atom. The summed E-state index contributed by atoms with van der Waals surface area (Å²) < 4.78 is 0.153. The van der Waals surface area contributed by atoms with Crippen molar-refractivity contribution in [2.45, 2.75) is 28.9 Å².